The number of nitrogens with one attached hydrogen (secondary N) is 1. The number of carbonyl (C=O) groups excluding carboxylic acids is 2. The Balaban J connectivity index is 1.29. The molecule has 3 N–H and O–H groups in total. The maximum Gasteiger partial charge on any atom is 0.254 e. The summed E-state index contributed by atoms with van der Waals surface area (Å²) in [5.41, 5.74) is 8.32. The van der Waals surface area contributed by atoms with Crippen molar-refractivity contribution >= 4 is 11.8 Å². The van der Waals surface area contributed by atoms with Crippen molar-refractivity contribution in [3.8, 4) is 0 Å². The molecule has 1 aromatic carbocycles. The molecule has 1 aliphatic carbocycles. The number of piperidine rings is 1. The topological polar surface area (TPSA) is 93.2 Å². The Bertz CT molecular complexity index is 874. The summed E-state index contributed by atoms with van der Waals surface area (Å²) in [6.45, 7) is 3.88. The zero-order chi connectivity index (χ0) is 20.2. The molecule has 0 bridgehead atoms. The monoisotopic (exact) mass is 395 g/mol. The molecule has 2 aromatic rings. The number of rotatable bonds is 8. The van der Waals surface area contributed by atoms with Crippen molar-refractivity contribution in [1.29, 1.82) is 0 Å². The Morgan fingerprint density at radius 2 is 2.03 bits per heavy atom. The molecule has 7 heteroatoms. The molecule has 1 atom stereocenters. The van der Waals surface area contributed by atoms with E-state index in [4.69, 9.17) is 5.73 Å². The van der Waals surface area contributed by atoms with Crippen LogP contribution < -0.4 is 11.1 Å². The van der Waals surface area contributed by atoms with Crippen molar-refractivity contribution in [3.05, 3.63) is 53.3 Å². The molecule has 1 unspecified atom stereocenters. The molecular formula is C22H29N5O2. The van der Waals surface area contributed by atoms with Gasteiger partial charge < -0.3 is 11.1 Å². The number of primary amides is 1. The highest BCUT2D eigenvalue weighted by Gasteiger charge is 2.24. The van der Waals surface area contributed by atoms with Gasteiger partial charge in [-0.1, -0.05) is 24.3 Å². The zero-order valence-corrected chi connectivity index (χ0v) is 16.7. The van der Waals surface area contributed by atoms with Gasteiger partial charge in [-0.05, 0) is 49.3 Å². The first-order valence-corrected chi connectivity index (χ1v) is 10.5. The Hall–Kier alpha value is -2.67. The first-order valence-electron chi connectivity index (χ1n) is 10.5. The molecule has 154 valence electrons. The van der Waals surface area contributed by atoms with Gasteiger partial charge in [0.05, 0.1) is 17.7 Å². The van der Waals surface area contributed by atoms with Crippen molar-refractivity contribution < 1.29 is 9.59 Å². The number of benzene rings is 1. The summed E-state index contributed by atoms with van der Waals surface area (Å²) in [7, 11) is 0. The van der Waals surface area contributed by atoms with Gasteiger partial charge in [0.1, 0.15) is 0 Å². The molecule has 1 aliphatic heterocycles. The van der Waals surface area contributed by atoms with Gasteiger partial charge in [-0.25, -0.2) is 0 Å². The molecule has 2 fully saturated rings. The van der Waals surface area contributed by atoms with Gasteiger partial charge >= 0.3 is 0 Å². The fourth-order valence-corrected chi connectivity index (χ4v) is 3.96. The first-order chi connectivity index (χ1) is 14.1. The molecular weight excluding hydrogens is 366 g/mol. The summed E-state index contributed by atoms with van der Waals surface area (Å²) in [6.07, 6.45) is 7.87. The molecule has 0 spiro atoms. The van der Waals surface area contributed by atoms with Crippen molar-refractivity contribution in [2.45, 2.75) is 45.3 Å². The van der Waals surface area contributed by atoms with Gasteiger partial charge in [0.2, 0.25) is 5.91 Å². The van der Waals surface area contributed by atoms with Crippen molar-refractivity contribution in [2.24, 2.45) is 17.6 Å². The summed E-state index contributed by atoms with van der Waals surface area (Å²) in [4.78, 5) is 26.2. The zero-order valence-electron chi connectivity index (χ0n) is 16.7. The van der Waals surface area contributed by atoms with E-state index in [1.54, 1.807) is 6.20 Å². The minimum atomic E-state index is -0.202. The summed E-state index contributed by atoms with van der Waals surface area (Å²) >= 11 is 0. The molecule has 0 radical (unpaired) electrons. The smallest absolute Gasteiger partial charge is 0.254 e. The van der Waals surface area contributed by atoms with Crippen molar-refractivity contribution in [1.82, 2.24) is 20.0 Å². The van der Waals surface area contributed by atoms with Crippen molar-refractivity contribution in [2.75, 3.05) is 13.1 Å². The molecule has 2 amide bonds. The molecule has 4 rings (SSSR count). The van der Waals surface area contributed by atoms with E-state index in [1.807, 2.05) is 23.0 Å². The predicted molar refractivity (Wildman–Crippen MR) is 110 cm³/mol. The second-order valence-corrected chi connectivity index (χ2v) is 8.37. The van der Waals surface area contributed by atoms with Gasteiger partial charge in [0.25, 0.3) is 5.91 Å². The maximum atomic E-state index is 12.4. The van der Waals surface area contributed by atoms with E-state index in [1.165, 1.54) is 18.4 Å². The first kappa shape index (κ1) is 19.6. The van der Waals surface area contributed by atoms with Crippen LogP contribution >= 0.6 is 0 Å². The Kier molecular flexibility index (Phi) is 5.94. The lowest BCUT2D eigenvalue weighted by atomic mass is 9.97. The number of carbonyl (C=O) groups is 2. The molecule has 2 heterocycles. The van der Waals surface area contributed by atoms with Crippen LogP contribution in [0.1, 0.15) is 47.2 Å². The quantitative estimate of drug-likeness (QED) is 0.714. The second-order valence-electron chi connectivity index (χ2n) is 8.37. The number of amides is 2. The Labute approximate surface area is 171 Å². The average molecular weight is 396 g/mol. The highest BCUT2D eigenvalue weighted by atomic mass is 16.2. The Morgan fingerprint density at radius 1 is 1.21 bits per heavy atom. The van der Waals surface area contributed by atoms with E-state index in [9.17, 15) is 9.59 Å². The van der Waals surface area contributed by atoms with Gasteiger partial charge in [-0.3, -0.25) is 19.2 Å². The summed E-state index contributed by atoms with van der Waals surface area (Å²) in [5.74, 6) is 0.378. The lowest BCUT2D eigenvalue weighted by Gasteiger charge is -2.31. The highest BCUT2D eigenvalue weighted by molar-refractivity contribution is 5.93. The fraction of sp³-hybridized carbons (Fsp3) is 0.500. The summed E-state index contributed by atoms with van der Waals surface area (Å²) < 4.78 is 1.87. The molecule has 29 heavy (non-hydrogen) atoms. The van der Waals surface area contributed by atoms with Gasteiger partial charge in [0.15, 0.2) is 0 Å². The third kappa shape index (κ3) is 5.44. The maximum absolute atomic E-state index is 12.4. The minimum Gasteiger partial charge on any atom is -0.369 e. The van der Waals surface area contributed by atoms with Crippen LogP contribution in [0.2, 0.25) is 0 Å². The highest BCUT2D eigenvalue weighted by Crippen LogP contribution is 2.30. The molecule has 2 aliphatic rings. The van der Waals surface area contributed by atoms with Crippen LogP contribution in [0, 0.1) is 11.8 Å². The predicted octanol–water partition coefficient (Wildman–Crippen LogP) is 1.92. The number of hydrogen-bond acceptors (Lipinski definition) is 4. The van der Waals surface area contributed by atoms with Crippen LogP contribution in [-0.4, -0.2) is 39.6 Å². The average Bonchev–Trinajstić information content (AvgIpc) is 3.41. The number of likely N-dealkylation sites (tertiary alicyclic amines) is 1. The van der Waals surface area contributed by atoms with Gasteiger partial charge in [-0.15, -0.1) is 0 Å². The normalized spacial score (nSPS) is 19.8. The van der Waals surface area contributed by atoms with E-state index in [2.05, 4.69) is 27.4 Å². The standard InChI is InChI=1S/C22H29N5O2/c23-21(28)19-5-2-8-26(14-19)12-18-4-1-3-17(9-18)10-24-22(29)20-11-25-27(15-20)13-16-6-7-16/h1,3-4,9,11,15-16,19H,2,5-8,10,12-14H2,(H2,23,28)(H,24,29). The van der Waals surface area contributed by atoms with Crippen LogP contribution in [0.15, 0.2) is 36.7 Å². The lowest BCUT2D eigenvalue weighted by Crippen LogP contribution is -2.40. The summed E-state index contributed by atoms with van der Waals surface area (Å²) in [6, 6.07) is 8.23. The van der Waals surface area contributed by atoms with Gasteiger partial charge in [-0.2, -0.15) is 5.10 Å². The van der Waals surface area contributed by atoms with Gasteiger partial charge in [0, 0.05) is 32.4 Å². The number of nitrogens with zero attached hydrogens (tertiary/aromatic N) is 3. The van der Waals surface area contributed by atoms with Crippen LogP contribution in [0.4, 0.5) is 0 Å². The minimum absolute atomic E-state index is 0.0490. The second kappa shape index (κ2) is 8.78. The third-order valence-corrected chi connectivity index (χ3v) is 5.80. The fourth-order valence-electron chi connectivity index (χ4n) is 3.96. The van der Waals surface area contributed by atoms with E-state index in [-0.39, 0.29) is 17.7 Å². The van der Waals surface area contributed by atoms with Crippen molar-refractivity contribution in [3.63, 3.8) is 0 Å². The Morgan fingerprint density at radius 3 is 2.83 bits per heavy atom. The van der Waals surface area contributed by atoms with Crippen LogP contribution in [0.25, 0.3) is 0 Å². The van der Waals surface area contributed by atoms with E-state index in [0.717, 1.165) is 50.5 Å². The van der Waals surface area contributed by atoms with E-state index < -0.39 is 0 Å². The third-order valence-electron chi connectivity index (χ3n) is 5.80. The molecule has 1 saturated heterocycles. The van der Waals surface area contributed by atoms with Crippen LogP contribution in [0.3, 0.4) is 0 Å². The molecule has 1 aromatic heterocycles. The molecule has 1 saturated carbocycles. The lowest BCUT2D eigenvalue weighted by molar-refractivity contribution is -0.123. The number of aromatic nitrogens is 2. The van der Waals surface area contributed by atoms with E-state index >= 15 is 0 Å². The SMILES string of the molecule is NC(=O)C1CCCN(Cc2cccc(CNC(=O)c3cnn(CC4CC4)c3)c2)C1. The van der Waals surface area contributed by atoms with Crippen LogP contribution in [-0.2, 0) is 24.4 Å². The largest absolute Gasteiger partial charge is 0.369 e. The van der Waals surface area contributed by atoms with E-state index in [0.29, 0.717) is 12.1 Å². The molecule has 7 nitrogen and oxygen atoms in total. The summed E-state index contributed by atoms with van der Waals surface area (Å²) in [5, 5.41) is 7.27. The number of nitrogens with two attached hydrogens (primary N) is 1. The van der Waals surface area contributed by atoms with Crippen LogP contribution in [0.5, 0.6) is 0 Å². The number of hydrogen-bond donors (Lipinski definition) is 2.